The molecule has 0 radical (unpaired) electrons. The Balaban J connectivity index is 1.71. The highest BCUT2D eigenvalue weighted by Gasteiger charge is 2.35. The van der Waals surface area contributed by atoms with Gasteiger partial charge in [-0.1, -0.05) is 18.2 Å². The van der Waals surface area contributed by atoms with Crippen molar-refractivity contribution >= 4 is 17.6 Å². The zero-order valence-corrected chi connectivity index (χ0v) is 14.8. The standard InChI is InChI=1S/C20H18F3NO3/c1-12-11-15-5-3-4-6-17(15)24(12)18(25)13(2)27-19(26)14-7-9-16(10-8-14)20(21,22)23/h3-10,12-13H,11H2,1-2H3/t12-,13-/m1/s1. The minimum absolute atomic E-state index is 0.0440. The summed E-state index contributed by atoms with van der Waals surface area (Å²) in [5, 5.41) is 0. The van der Waals surface area contributed by atoms with Gasteiger partial charge in [-0.05, 0) is 56.2 Å². The molecule has 1 aliphatic rings. The molecule has 2 aromatic carbocycles. The van der Waals surface area contributed by atoms with Crippen LogP contribution in [0.25, 0.3) is 0 Å². The number of alkyl halides is 3. The molecule has 0 aliphatic carbocycles. The van der Waals surface area contributed by atoms with Gasteiger partial charge in [-0.3, -0.25) is 4.79 Å². The number of benzene rings is 2. The zero-order valence-electron chi connectivity index (χ0n) is 14.8. The fraction of sp³-hybridized carbons (Fsp3) is 0.300. The van der Waals surface area contributed by atoms with E-state index in [0.29, 0.717) is 6.42 Å². The summed E-state index contributed by atoms with van der Waals surface area (Å²) < 4.78 is 43.0. The van der Waals surface area contributed by atoms with Crippen LogP contribution in [0.1, 0.15) is 35.3 Å². The van der Waals surface area contributed by atoms with Crippen LogP contribution in [0.15, 0.2) is 48.5 Å². The summed E-state index contributed by atoms with van der Waals surface area (Å²) in [6.45, 7) is 3.36. The summed E-state index contributed by atoms with van der Waals surface area (Å²) in [5.41, 5.74) is 0.926. The maximum atomic E-state index is 12.8. The van der Waals surface area contributed by atoms with Gasteiger partial charge in [-0.15, -0.1) is 0 Å². The average molecular weight is 377 g/mol. The molecule has 3 rings (SSSR count). The van der Waals surface area contributed by atoms with E-state index >= 15 is 0 Å². The third-order valence-electron chi connectivity index (χ3n) is 4.52. The fourth-order valence-corrected chi connectivity index (χ4v) is 3.17. The van der Waals surface area contributed by atoms with Crippen LogP contribution < -0.4 is 4.90 Å². The average Bonchev–Trinajstić information content (AvgIpc) is 2.96. The number of carbonyl (C=O) groups excluding carboxylic acids is 2. The molecule has 2 atom stereocenters. The molecule has 27 heavy (non-hydrogen) atoms. The Kier molecular flexibility index (Phi) is 4.95. The number of carbonyl (C=O) groups is 2. The molecule has 0 spiro atoms. The Labute approximate surface area is 154 Å². The minimum atomic E-state index is -4.48. The maximum absolute atomic E-state index is 12.8. The van der Waals surface area contributed by atoms with Gasteiger partial charge in [0.2, 0.25) is 0 Å². The molecule has 1 amide bonds. The fourth-order valence-electron chi connectivity index (χ4n) is 3.17. The lowest BCUT2D eigenvalue weighted by atomic mass is 10.1. The van der Waals surface area contributed by atoms with Gasteiger partial charge in [0.25, 0.3) is 5.91 Å². The molecular formula is C20H18F3NO3. The van der Waals surface area contributed by atoms with Crippen molar-refractivity contribution in [2.75, 3.05) is 4.90 Å². The molecule has 0 bridgehead atoms. The normalized spacial score (nSPS) is 17.4. The second-order valence-corrected chi connectivity index (χ2v) is 6.51. The first-order valence-electron chi connectivity index (χ1n) is 8.47. The number of nitrogens with zero attached hydrogens (tertiary/aromatic N) is 1. The van der Waals surface area contributed by atoms with E-state index in [9.17, 15) is 22.8 Å². The quantitative estimate of drug-likeness (QED) is 0.752. The molecule has 1 heterocycles. The Hall–Kier alpha value is -2.83. The summed E-state index contributed by atoms with van der Waals surface area (Å²) in [4.78, 5) is 26.6. The monoisotopic (exact) mass is 377 g/mol. The van der Waals surface area contributed by atoms with Crippen molar-refractivity contribution < 1.29 is 27.5 Å². The summed E-state index contributed by atoms with van der Waals surface area (Å²) in [6.07, 6.45) is -4.83. The van der Waals surface area contributed by atoms with Crippen molar-refractivity contribution in [3.05, 3.63) is 65.2 Å². The Morgan fingerprint density at radius 2 is 1.74 bits per heavy atom. The predicted molar refractivity (Wildman–Crippen MR) is 93.4 cm³/mol. The second-order valence-electron chi connectivity index (χ2n) is 6.51. The molecule has 4 nitrogen and oxygen atoms in total. The van der Waals surface area contributed by atoms with Gasteiger partial charge >= 0.3 is 12.1 Å². The van der Waals surface area contributed by atoms with E-state index in [2.05, 4.69) is 0 Å². The molecule has 0 saturated heterocycles. The van der Waals surface area contributed by atoms with E-state index in [1.807, 2.05) is 31.2 Å². The van der Waals surface area contributed by atoms with Crippen molar-refractivity contribution in [1.29, 1.82) is 0 Å². The summed E-state index contributed by atoms with van der Waals surface area (Å²) in [7, 11) is 0. The number of para-hydroxylation sites is 1. The van der Waals surface area contributed by atoms with E-state index in [-0.39, 0.29) is 17.5 Å². The van der Waals surface area contributed by atoms with Crippen molar-refractivity contribution in [1.82, 2.24) is 0 Å². The van der Waals surface area contributed by atoms with E-state index in [1.165, 1.54) is 6.92 Å². The highest BCUT2D eigenvalue weighted by molar-refractivity contribution is 6.00. The number of halogens is 3. The van der Waals surface area contributed by atoms with Crippen LogP contribution in [-0.4, -0.2) is 24.0 Å². The van der Waals surface area contributed by atoms with Gasteiger partial charge in [0.1, 0.15) is 0 Å². The molecular weight excluding hydrogens is 359 g/mol. The van der Waals surface area contributed by atoms with Gasteiger partial charge < -0.3 is 9.64 Å². The van der Waals surface area contributed by atoms with Crippen LogP contribution in [0.4, 0.5) is 18.9 Å². The van der Waals surface area contributed by atoms with Crippen LogP contribution in [-0.2, 0) is 22.1 Å². The van der Waals surface area contributed by atoms with Gasteiger partial charge in [-0.2, -0.15) is 13.2 Å². The van der Waals surface area contributed by atoms with Crippen LogP contribution in [0, 0.1) is 0 Å². The van der Waals surface area contributed by atoms with Crippen LogP contribution in [0.5, 0.6) is 0 Å². The lowest BCUT2D eigenvalue weighted by Gasteiger charge is -2.26. The van der Waals surface area contributed by atoms with Gasteiger partial charge in [0, 0.05) is 11.7 Å². The molecule has 1 aliphatic heterocycles. The number of fused-ring (bicyclic) bond motifs is 1. The van der Waals surface area contributed by atoms with Crippen molar-refractivity contribution in [3.8, 4) is 0 Å². The largest absolute Gasteiger partial charge is 0.449 e. The van der Waals surface area contributed by atoms with E-state index in [1.54, 1.807) is 4.90 Å². The number of rotatable bonds is 3. The van der Waals surface area contributed by atoms with E-state index in [4.69, 9.17) is 4.74 Å². The number of hydrogen-bond donors (Lipinski definition) is 0. The smallest absolute Gasteiger partial charge is 0.416 e. The Morgan fingerprint density at radius 1 is 1.11 bits per heavy atom. The zero-order chi connectivity index (χ0) is 19.8. The number of anilines is 1. The highest BCUT2D eigenvalue weighted by Crippen LogP contribution is 2.33. The number of esters is 1. The third kappa shape index (κ3) is 3.82. The first kappa shape index (κ1) is 18.9. The molecule has 0 saturated carbocycles. The molecule has 0 N–H and O–H groups in total. The van der Waals surface area contributed by atoms with E-state index < -0.39 is 23.8 Å². The minimum Gasteiger partial charge on any atom is -0.449 e. The lowest BCUT2D eigenvalue weighted by Crippen LogP contribution is -2.43. The Morgan fingerprint density at radius 3 is 2.37 bits per heavy atom. The molecule has 7 heteroatoms. The predicted octanol–water partition coefficient (Wildman–Crippen LogP) is 4.23. The van der Waals surface area contributed by atoms with Gasteiger partial charge in [0.15, 0.2) is 6.10 Å². The first-order valence-corrected chi connectivity index (χ1v) is 8.47. The number of ether oxygens (including phenoxy) is 1. The summed E-state index contributed by atoms with van der Waals surface area (Å²) >= 11 is 0. The van der Waals surface area contributed by atoms with E-state index in [0.717, 1.165) is 35.5 Å². The van der Waals surface area contributed by atoms with Crippen molar-refractivity contribution in [3.63, 3.8) is 0 Å². The molecule has 142 valence electrons. The molecule has 2 aromatic rings. The summed E-state index contributed by atoms with van der Waals surface area (Å²) in [6, 6.07) is 11.1. The molecule has 0 fully saturated rings. The van der Waals surface area contributed by atoms with Gasteiger partial charge in [-0.25, -0.2) is 4.79 Å². The van der Waals surface area contributed by atoms with Crippen molar-refractivity contribution in [2.24, 2.45) is 0 Å². The maximum Gasteiger partial charge on any atom is 0.416 e. The topological polar surface area (TPSA) is 46.6 Å². The molecule has 0 unspecified atom stereocenters. The summed E-state index contributed by atoms with van der Waals surface area (Å²) in [5.74, 6) is -1.21. The van der Waals surface area contributed by atoms with Crippen LogP contribution in [0.2, 0.25) is 0 Å². The van der Waals surface area contributed by atoms with Crippen LogP contribution >= 0.6 is 0 Å². The number of hydrogen-bond acceptors (Lipinski definition) is 3. The second kappa shape index (κ2) is 7.06. The third-order valence-corrected chi connectivity index (χ3v) is 4.52. The highest BCUT2D eigenvalue weighted by atomic mass is 19.4. The van der Waals surface area contributed by atoms with Gasteiger partial charge in [0.05, 0.1) is 11.1 Å². The Bertz CT molecular complexity index is 862. The number of amides is 1. The lowest BCUT2D eigenvalue weighted by molar-refractivity contribution is -0.137. The van der Waals surface area contributed by atoms with Crippen LogP contribution in [0.3, 0.4) is 0 Å². The molecule has 0 aromatic heterocycles. The SMILES string of the molecule is C[C@@H]1Cc2ccccc2N1C(=O)[C@@H](C)OC(=O)c1ccc(C(F)(F)F)cc1. The first-order chi connectivity index (χ1) is 12.7. The van der Waals surface area contributed by atoms with Crippen molar-refractivity contribution in [2.45, 2.75) is 38.6 Å².